The monoisotopic (exact) mass is 279 g/mol. The molecule has 0 aliphatic carbocycles. The highest BCUT2D eigenvalue weighted by atomic mass is 35.5. The van der Waals surface area contributed by atoms with Gasteiger partial charge in [-0.3, -0.25) is 0 Å². The predicted molar refractivity (Wildman–Crippen MR) is 69.2 cm³/mol. The van der Waals surface area contributed by atoms with E-state index in [1.807, 2.05) is 26.0 Å². The van der Waals surface area contributed by atoms with Gasteiger partial charge in [-0.1, -0.05) is 17.7 Å². The van der Waals surface area contributed by atoms with Gasteiger partial charge in [-0.15, -0.1) is 0 Å². The van der Waals surface area contributed by atoms with Crippen LogP contribution in [0.25, 0.3) is 0 Å². The van der Waals surface area contributed by atoms with Gasteiger partial charge in [0.05, 0.1) is 10.7 Å². The van der Waals surface area contributed by atoms with Gasteiger partial charge in [0.15, 0.2) is 0 Å². The van der Waals surface area contributed by atoms with Crippen LogP contribution in [0.3, 0.4) is 0 Å². The number of halogens is 4. The van der Waals surface area contributed by atoms with Gasteiger partial charge in [0.25, 0.3) is 0 Å². The SMILES string of the molecule is Cc1ccc(Cl)c(NC(C)CCCC(F)(F)F)c1. The van der Waals surface area contributed by atoms with E-state index in [2.05, 4.69) is 5.32 Å². The lowest BCUT2D eigenvalue weighted by atomic mass is 10.1. The number of benzene rings is 1. The van der Waals surface area contributed by atoms with E-state index in [1.165, 1.54) is 0 Å². The van der Waals surface area contributed by atoms with Crippen LogP contribution in [-0.2, 0) is 0 Å². The second-order valence-corrected chi connectivity index (χ2v) is 4.94. The van der Waals surface area contributed by atoms with Crippen molar-refractivity contribution >= 4 is 17.3 Å². The van der Waals surface area contributed by atoms with Crippen molar-refractivity contribution in [2.24, 2.45) is 0 Å². The second-order valence-electron chi connectivity index (χ2n) is 4.54. The van der Waals surface area contributed by atoms with Crippen molar-refractivity contribution in [3.8, 4) is 0 Å². The highest BCUT2D eigenvalue weighted by Crippen LogP contribution is 2.26. The highest BCUT2D eigenvalue weighted by Gasteiger charge is 2.26. The first-order chi connectivity index (χ1) is 8.28. The smallest absolute Gasteiger partial charge is 0.381 e. The Morgan fingerprint density at radius 3 is 2.61 bits per heavy atom. The molecule has 0 aliphatic heterocycles. The van der Waals surface area contributed by atoms with E-state index in [4.69, 9.17) is 11.6 Å². The molecule has 0 amide bonds. The first-order valence-electron chi connectivity index (χ1n) is 5.87. The van der Waals surface area contributed by atoms with Crippen LogP contribution in [0.1, 0.15) is 31.7 Å². The Balaban J connectivity index is 2.44. The third-order valence-electron chi connectivity index (χ3n) is 2.62. The van der Waals surface area contributed by atoms with E-state index in [9.17, 15) is 13.2 Å². The largest absolute Gasteiger partial charge is 0.389 e. The third-order valence-corrected chi connectivity index (χ3v) is 2.95. The molecule has 1 atom stereocenters. The molecule has 18 heavy (non-hydrogen) atoms. The van der Waals surface area contributed by atoms with Crippen LogP contribution in [0.2, 0.25) is 5.02 Å². The van der Waals surface area contributed by atoms with E-state index < -0.39 is 12.6 Å². The fourth-order valence-electron chi connectivity index (χ4n) is 1.70. The molecule has 0 aliphatic rings. The minimum Gasteiger partial charge on any atom is -0.381 e. The first-order valence-corrected chi connectivity index (χ1v) is 6.25. The molecule has 1 rings (SSSR count). The van der Waals surface area contributed by atoms with Crippen LogP contribution < -0.4 is 5.32 Å². The van der Waals surface area contributed by atoms with Crippen LogP contribution >= 0.6 is 11.6 Å². The molecule has 1 N–H and O–H groups in total. The Bertz CT molecular complexity index is 390. The maximum Gasteiger partial charge on any atom is 0.389 e. The summed E-state index contributed by atoms with van der Waals surface area (Å²) in [7, 11) is 0. The van der Waals surface area contributed by atoms with Crippen LogP contribution in [0, 0.1) is 6.92 Å². The van der Waals surface area contributed by atoms with Crippen LogP contribution in [0.4, 0.5) is 18.9 Å². The van der Waals surface area contributed by atoms with E-state index in [-0.39, 0.29) is 12.5 Å². The van der Waals surface area contributed by atoms with Crippen LogP contribution in [0.5, 0.6) is 0 Å². The molecule has 0 saturated carbocycles. The molecule has 1 aromatic carbocycles. The molecule has 0 aromatic heterocycles. The van der Waals surface area contributed by atoms with Crippen molar-refractivity contribution < 1.29 is 13.2 Å². The fourth-order valence-corrected chi connectivity index (χ4v) is 1.87. The lowest BCUT2D eigenvalue weighted by Gasteiger charge is -2.17. The van der Waals surface area contributed by atoms with Crippen molar-refractivity contribution in [2.45, 2.75) is 45.3 Å². The minimum atomic E-state index is -4.07. The number of alkyl halides is 3. The summed E-state index contributed by atoms with van der Waals surface area (Å²) in [6, 6.07) is 5.53. The highest BCUT2D eigenvalue weighted by molar-refractivity contribution is 6.33. The van der Waals surface area contributed by atoms with Crippen LogP contribution in [0.15, 0.2) is 18.2 Å². The predicted octanol–water partition coefficient (Wildman–Crippen LogP) is 5.18. The Kier molecular flexibility index (Phi) is 5.32. The van der Waals surface area contributed by atoms with Crippen molar-refractivity contribution in [3.63, 3.8) is 0 Å². The first kappa shape index (κ1) is 15.2. The molecule has 0 fully saturated rings. The minimum absolute atomic E-state index is 0.0355. The molecule has 0 heterocycles. The Morgan fingerprint density at radius 2 is 2.00 bits per heavy atom. The second kappa shape index (κ2) is 6.32. The van der Waals surface area contributed by atoms with E-state index in [0.29, 0.717) is 11.4 Å². The molecule has 0 bridgehead atoms. The van der Waals surface area contributed by atoms with E-state index >= 15 is 0 Å². The molecule has 102 valence electrons. The van der Waals surface area contributed by atoms with E-state index in [1.54, 1.807) is 6.07 Å². The third kappa shape index (κ3) is 5.63. The number of hydrogen-bond acceptors (Lipinski definition) is 1. The van der Waals surface area contributed by atoms with Gasteiger partial charge >= 0.3 is 6.18 Å². The number of rotatable bonds is 5. The quantitative estimate of drug-likeness (QED) is 0.783. The topological polar surface area (TPSA) is 12.0 Å². The van der Waals surface area contributed by atoms with Crippen LogP contribution in [-0.4, -0.2) is 12.2 Å². The fraction of sp³-hybridized carbons (Fsp3) is 0.538. The lowest BCUT2D eigenvalue weighted by molar-refractivity contribution is -0.135. The average molecular weight is 280 g/mol. The Labute approximate surface area is 110 Å². The molecular weight excluding hydrogens is 263 g/mol. The number of anilines is 1. The molecule has 0 saturated heterocycles. The number of aryl methyl sites for hydroxylation is 1. The molecule has 1 nitrogen and oxygen atoms in total. The van der Waals surface area contributed by atoms with Gasteiger partial charge in [-0.25, -0.2) is 0 Å². The Hall–Kier alpha value is -0.900. The molecular formula is C13H17ClF3N. The normalized spacial score (nSPS) is 13.4. The molecule has 5 heteroatoms. The van der Waals surface area contributed by atoms with Gasteiger partial charge in [0, 0.05) is 12.5 Å². The molecule has 1 unspecified atom stereocenters. The average Bonchev–Trinajstić information content (AvgIpc) is 2.21. The van der Waals surface area contributed by atoms with Gasteiger partial charge in [-0.2, -0.15) is 13.2 Å². The summed E-state index contributed by atoms with van der Waals surface area (Å²) >= 11 is 6.00. The Morgan fingerprint density at radius 1 is 1.33 bits per heavy atom. The summed E-state index contributed by atoms with van der Waals surface area (Å²) in [5.74, 6) is 0. The number of nitrogens with one attached hydrogen (secondary N) is 1. The lowest BCUT2D eigenvalue weighted by Crippen LogP contribution is -2.17. The summed E-state index contributed by atoms with van der Waals surface area (Å²) in [4.78, 5) is 0. The summed E-state index contributed by atoms with van der Waals surface area (Å²) in [5.41, 5.74) is 1.83. The zero-order chi connectivity index (χ0) is 13.8. The van der Waals surface area contributed by atoms with Gasteiger partial charge in [0.2, 0.25) is 0 Å². The molecule has 0 spiro atoms. The zero-order valence-electron chi connectivity index (χ0n) is 10.4. The van der Waals surface area contributed by atoms with Gasteiger partial charge < -0.3 is 5.32 Å². The summed E-state index contributed by atoms with van der Waals surface area (Å²) in [6.07, 6.45) is -4.22. The van der Waals surface area contributed by atoms with Crippen molar-refractivity contribution in [2.75, 3.05) is 5.32 Å². The molecule has 1 aromatic rings. The maximum atomic E-state index is 12.0. The molecule has 0 radical (unpaired) electrons. The van der Waals surface area contributed by atoms with Gasteiger partial charge in [-0.05, 0) is 44.4 Å². The van der Waals surface area contributed by atoms with Crippen molar-refractivity contribution in [3.05, 3.63) is 28.8 Å². The van der Waals surface area contributed by atoms with Crippen molar-refractivity contribution in [1.29, 1.82) is 0 Å². The number of hydrogen-bond donors (Lipinski definition) is 1. The zero-order valence-corrected chi connectivity index (χ0v) is 11.2. The van der Waals surface area contributed by atoms with E-state index in [0.717, 1.165) is 11.3 Å². The standard InChI is InChI=1S/C13H17ClF3N/c1-9-5-6-11(14)12(8-9)18-10(2)4-3-7-13(15,16)17/h5-6,8,10,18H,3-4,7H2,1-2H3. The van der Waals surface area contributed by atoms with Gasteiger partial charge in [0.1, 0.15) is 0 Å². The summed E-state index contributed by atoms with van der Waals surface area (Å²) < 4.78 is 36.0. The van der Waals surface area contributed by atoms with Crippen molar-refractivity contribution in [1.82, 2.24) is 0 Å². The summed E-state index contributed by atoms with van der Waals surface area (Å²) in [6.45, 7) is 3.80. The maximum absolute atomic E-state index is 12.0. The summed E-state index contributed by atoms with van der Waals surface area (Å²) in [5, 5.41) is 3.72.